The van der Waals surface area contributed by atoms with E-state index < -0.39 is 0 Å². The van der Waals surface area contributed by atoms with Crippen molar-refractivity contribution >= 4 is 16.6 Å². The minimum Gasteiger partial charge on any atom is -0.356 e. The van der Waals surface area contributed by atoms with E-state index in [1.807, 2.05) is 0 Å². The van der Waals surface area contributed by atoms with Crippen LogP contribution < -0.4 is 10.2 Å². The van der Waals surface area contributed by atoms with Gasteiger partial charge in [0.15, 0.2) is 0 Å². The molecule has 1 aliphatic heterocycles. The van der Waals surface area contributed by atoms with E-state index >= 15 is 0 Å². The molecule has 3 nitrogen and oxygen atoms in total. The molecule has 0 amide bonds. The van der Waals surface area contributed by atoms with Gasteiger partial charge in [0.05, 0.1) is 5.69 Å². The van der Waals surface area contributed by atoms with Gasteiger partial charge in [-0.2, -0.15) is 0 Å². The second-order valence-electron chi connectivity index (χ2n) is 6.96. The molecule has 1 aromatic heterocycles. The fourth-order valence-corrected chi connectivity index (χ4v) is 2.85. The van der Waals surface area contributed by atoms with Crippen LogP contribution >= 0.6 is 0 Å². The van der Waals surface area contributed by atoms with Crippen molar-refractivity contribution in [3.63, 3.8) is 0 Å². The van der Waals surface area contributed by atoms with E-state index in [2.05, 4.69) is 61.3 Å². The minimum atomic E-state index is 0.112. The van der Waals surface area contributed by atoms with Crippen LogP contribution in [0.15, 0.2) is 30.3 Å². The zero-order valence-corrected chi connectivity index (χ0v) is 13.3. The molecule has 0 aliphatic carbocycles. The predicted molar refractivity (Wildman–Crippen MR) is 89.8 cm³/mol. The van der Waals surface area contributed by atoms with Gasteiger partial charge in [-0.15, -0.1) is 0 Å². The fraction of sp³-hybridized carbons (Fsp3) is 0.500. The predicted octanol–water partition coefficient (Wildman–Crippen LogP) is 3.72. The molecule has 2 heterocycles. The number of hydrogen-bond acceptors (Lipinski definition) is 3. The van der Waals surface area contributed by atoms with Gasteiger partial charge in [0, 0.05) is 30.6 Å². The molecule has 1 saturated heterocycles. The van der Waals surface area contributed by atoms with Crippen molar-refractivity contribution in [2.45, 2.75) is 45.7 Å². The summed E-state index contributed by atoms with van der Waals surface area (Å²) in [5.41, 5.74) is 1.24. The summed E-state index contributed by atoms with van der Waals surface area (Å²) in [7, 11) is 0. The van der Waals surface area contributed by atoms with E-state index in [0.717, 1.165) is 31.1 Å². The van der Waals surface area contributed by atoms with Crippen LogP contribution in [0, 0.1) is 0 Å². The highest BCUT2D eigenvalue weighted by molar-refractivity contribution is 5.92. The third kappa shape index (κ3) is 3.35. The van der Waals surface area contributed by atoms with Crippen molar-refractivity contribution in [3.8, 4) is 0 Å². The fourth-order valence-electron chi connectivity index (χ4n) is 2.85. The standard InChI is InChI=1S/C18H25N3/c1-18(2,3)19-13-15-12-14-8-4-5-9-16(14)17(20-15)21-10-6-7-11-21/h4-5,8-9,12,19H,6-7,10-11,13H2,1-3H3. The lowest BCUT2D eigenvalue weighted by atomic mass is 10.1. The van der Waals surface area contributed by atoms with Gasteiger partial charge >= 0.3 is 0 Å². The van der Waals surface area contributed by atoms with Crippen molar-refractivity contribution in [2.75, 3.05) is 18.0 Å². The molecule has 0 spiro atoms. The van der Waals surface area contributed by atoms with E-state index in [1.54, 1.807) is 0 Å². The molecule has 1 aliphatic rings. The van der Waals surface area contributed by atoms with Crippen LogP contribution in [0.4, 0.5) is 5.82 Å². The highest BCUT2D eigenvalue weighted by Gasteiger charge is 2.17. The van der Waals surface area contributed by atoms with Crippen LogP contribution in [0.3, 0.4) is 0 Å². The molecule has 0 atom stereocenters. The van der Waals surface area contributed by atoms with E-state index in [-0.39, 0.29) is 5.54 Å². The van der Waals surface area contributed by atoms with Gasteiger partial charge in [0.1, 0.15) is 5.82 Å². The average molecular weight is 283 g/mol. The van der Waals surface area contributed by atoms with Crippen LogP contribution in [0.5, 0.6) is 0 Å². The number of aromatic nitrogens is 1. The van der Waals surface area contributed by atoms with Gasteiger partial charge in [-0.05, 0) is 45.1 Å². The number of nitrogens with one attached hydrogen (secondary N) is 1. The number of anilines is 1. The van der Waals surface area contributed by atoms with E-state index in [0.29, 0.717) is 0 Å². The highest BCUT2D eigenvalue weighted by Crippen LogP contribution is 2.28. The Morgan fingerprint density at radius 3 is 2.57 bits per heavy atom. The number of fused-ring (bicyclic) bond motifs is 1. The van der Waals surface area contributed by atoms with Crippen LogP contribution in [0.1, 0.15) is 39.3 Å². The molecular formula is C18H25N3. The summed E-state index contributed by atoms with van der Waals surface area (Å²) >= 11 is 0. The molecule has 112 valence electrons. The smallest absolute Gasteiger partial charge is 0.136 e. The zero-order chi connectivity index (χ0) is 14.9. The molecule has 0 unspecified atom stereocenters. The Morgan fingerprint density at radius 1 is 1.14 bits per heavy atom. The maximum absolute atomic E-state index is 4.95. The zero-order valence-electron chi connectivity index (χ0n) is 13.3. The minimum absolute atomic E-state index is 0.112. The first-order valence-electron chi connectivity index (χ1n) is 7.92. The number of benzene rings is 1. The SMILES string of the molecule is CC(C)(C)NCc1cc2ccccc2c(N2CCCC2)n1. The van der Waals surface area contributed by atoms with Gasteiger partial charge in [0.25, 0.3) is 0 Å². The Morgan fingerprint density at radius 2 is 1.86 bits per heavy atom. The number of nitrogens with zero attached hydrogens (tertiary/aromatic N) is 2. The number of rotatable bonds is 3. The Kier molecular flexibility index (Phi) is 3.85. The first-order valence-corrected chi connectivity index (χ1v) is 7.92. The van der Waals surface area contributed by atoms with E-state index in [4.69, 9.17) is 4.98 Å². The lowest BCUT2D eigenvalue weighted by Crippen LogP contribution is -2.35. The Balaban J connectivity index is 1.98. The van der Waals surface area contributed by atoms with E-state index in [9.17, 15) is 0 Å². The largest absolute Gasteiger partial charge is 0.356 e. The first kappa shape index (κ1) is 14.3. The van der Waals surface area contributed by atoms with Crippen molar-refractivity contribution in [1.29, 1.82) is 0 Å². The van der Waals surface area contributed by atoms with Crippen LogP contribution in [-0.4, -0.2) is 23.6 Å². The molecule has 0 radical (unpaired) electrons. The van der Waals surface area contributed by atoms with E-state index in [1.165, 1.54) is 23.6 Å². The molecular weight excluding hydrogens is 258 g/mol. The summed E-state index contributed by atoms with van der Waals surface area (Å²) in [6, 6.07) is 10.8. The molecule has 2 aromatic rings. The van der Waals surface area contributed by atoms with Gasteiger partial charge in [-0.3, -0.25) is 0 Å². The normalized spacial score (nSPS) is 15.9. The molecule has 0 bridgehead atoms. The van der Waals surface area contributed by atoms with Crippen molar-refractivity contribution in [1.82, 2.24) is 10.3 Å². The van der Waals surface area contributed by atoms with Crippen molar-refractivity contribution in [2.24, 2.45) is 0 Å². The summed E-state index contributed by atoms with van der Waals surface area (Å²) in [6.07, 6.45) is 2.56. The lowest BCUT2D eigenvalue weighted by Gasteiger charge is -2.23. The monoisotopic (exact) mass is 283 g/mol. The van der Waals surface area contributed by atoms with Gasteiger partial charge in [-0.1, -0.05) is 24.3 Å². The van der Waals surface area contributed by atoms with Gasteiger partial charge < -0.3 is 10.2 Å². The van der Waals surface area contributed by atoms with Gasteiger partial charge in [0.2, 0.25) is 0 Å². The first-order chi connectivity index (χ1) is 10.0. The van der Waals surface area contributed by atoms with Crippen LogP contribution in [0.25, 0.3) is 10.8 Å². The molecule has 3 heteroatoms. The summed E-state index contributed by atoms with van der Waals surface area (Å²) < 4.78 is 0. The van der Waals surface area contributed by atoms with Crippen LogP contribution in [0.2, 0.25) is 0 Å². The van der Waals surface area contributed by atoms with Crippen LogP contribution in [-0.2, 0) is 6.54 Å². The van der Waals surface area contributed by atoms with Gasteiger partial charge in [-0.25, -0.2) is 4.98 Å². The molecule has 1 N–H and O–H groups in total. The average Bonchev–Trinajstić information content (AvgIpc) is 2.97. The maximum Gasteiger partial charge on any atom is 0.136 e. The summed E-state index contributed by atoms with van der Waals surface area (Å²) in [4.78, 5) is 7.38. The Hall–Kier alpha value is -1.61. The second-order valence-corrected chi connectivity index (χ2v) is 6.96. The quantitative estimate of drug-likeness (QED) is 0.930. The summed E-state index contributed by atoms with van der Waals surface area (Å²) in [5.74, 6) is 1.16. The number of pyridine rings is 1. The number of hydrogen-bond donors (Lipinski definition) is 1. The highest BCUT2D eigenvalue weighted by atomic mass is 15.2. The topological polar surface area (TPSA) is 28.2 Å². The third-order valence-corrected chi connectivity index (χ3v) is 3.98. The molecule has 21 heavy (non-hydrogen) atoms. The molecule has 1 fully saturated rings. The maximum atomic E-state index is 4.95. The molecule has 3 rings (SSSR count). The summed E-state index contributed by atoms with van der Waals surface area (Å²) in [6.45, 7) is 9.65. The third-order valence-electron chi connectivity index (χ3n) is 3.98. The summed E-state index contributed by atoms with van der Waals surface area (Å²) in [5, 5.41) is 6.11. The molecule has 0 saturated carbocycles. The Labute approximate surface area is 127 Å². The lowest BCUT2D eigenvalue weighted by molar-refractivity contribution is 0.421. The Bertz CT molecular complexity index is 622. The van der Waals surface area contributed by atoms with Crippen molar-refractivity contribution < 1.29 is 0 Å². The molecule has 1 aromatic carbocycles. The van der Waals surface area contributed by atoms with Crippen molar-refractivity contribution in [3.05, 3.63) is 36.0 Å². The second kappa shape index (κ2) is 5.64.